The topological polar surface area (TPSA) is 57.5 Å². The molecule has 2 aliphatic carbocycles. The molecule has 2 N–H and O–H groups in total. The molecule has 2 aliphatic rings. The van der Waals surface area contributed by atoms with Crippen molar-refractivity contribution in [3.05, 3.63) is 29.8 Å². The highest BCUT2D eigenvalue weighted by Crippen LogP contribution is 2.64. The summed E-state index contributed by atoms with van der Waals surface area (Å²) in [5, 5.41) is 18.8. The van der Waals surface area contributed by atoms with Crippen molar-refractivity contribution in [2.75, 3.05) is 0 Å². The maximum absolute atomic E-state index is 11.2. The minimum Gasteiger partial charge on any atom is -0.508 e. The lowest BCUT2D eigenvalue weighted by Crippen LogP contribution is -2.30. The third-order valence-electron chi connectivity index (χ3n) is 4.52. The number of carbonyl (C=O) groups is 1. The fraction of sp³-hybridized carbons (Fsp3) is 0.500. The number of phenolic OH excluding ortho intramolecular Hbond substituents is 1. The van der Waals surface area contributed by atoms with Gasteiger partial charge in [-0.15, -0.1) is 0 Å². The highest BCUT2D eigenvalue weighted by Gasteiger charge is 2.64. The molecule has 0 heterocycles. The van der Waals surface area contributed by atoms with Crippen molar-refractivity contribution in [3.8, 4) is 5.75 Å². The molecule has 0 radical (unpaired) electrons. The average molecular weight is 232 g/mol. The summed E-state index contributed by atoms with van der Waals surface area (Å²) in [6, 6.07) is 7.14. The maximum atomic E-state index is 11.2. The standard InChI is InChI=1S/C14H16O3/c15-11-6-2-5-10(7-11)14(9-3-1-4-9)8-12(14)13(16)17/h2,5-7,9,12,15H,1,3-4,8H2,(H,16,17)/t12-,14?/m0/s1. The predicted molar refractivity (Wildman–Crippen MR) is 62.9 cm³/mol. The van der Waals surface area contributed by atoms with Crippen molar-refractivity contribution in [2.24, 2.45) is 11.8 Å². The van der Waals surface area contributed by atoms with Crippen LogP contribution in [0.25, 0.3) is 0 Å². The van der Waals surface area contributed by atoms with Crippen LogP contribution in [0.5, 0.6) is 5.75 Å². The predicted octanol–water partition coefficient (Wildman–Crippen LogP) is 2.53. The van der Waals surface area contributed by atoms with E-state index in [4.69, 9.17) is 0 Å². The average Bonchev–Trinajstić information content (AvgIpc) is 2.92. The van der Waals surface area contributed by atoms with Gasteiger partial charge in [0.15, 0.2) is 0 Å². The summed E-state index contributed by atoms with van der Waals surface area (Å²) in [5.74, 6) is -0.225. The number of phenols is 1. The van der Waals surface area contributed by atoms with Gasteiger partial charge in [-0.1, -0.05) is 18.6 Å². The van der Waals surface area contributed by atoms with Gasteiger partial charge in [0.05, 0.1) is 5.92 Å². The van der Waals surface area contributed by atoms with Crippen molar-refractivity contribution in [1.82, 2.24) is 0 Å². The van der Waals surface area contributed by atoms with Crippen molar-refractivity contribution in [3.63, 3.8) is 0 Å². The molecule has 1 aromatic rings. The molecule has 3 heteroatoms. The van der Waals surface area contributed by atoms with Gasteiger partial charge in [0, 0.05) is 5.41 Å². The number of carboxylic acids is 1. The van der Waals surface area contributed by atoms with E-state index >= 15 is 0 Å². The monoisotopic (exact) mass is 232 g/mol. The van der Waals surface area contributed by atoms with Crippen molar-refractivity contribution >= 4 is 5.97 Å². The van der Waals surface area contributed by atoms with Gasteiger partial charge in [0.2, 0.25) is 0 Å². The van der Waals surface area contributed by atoms with Gasteiger partial charge in [0.25, 0.3) is 0 Å². The lowest BCUT2D eigenvalue weighted by Gasteiger charge is -2.35. The second-order valence-corrected chi connectivity index (χ2v) is 5.31. The molecular weight excluding hydrogens is 216 g/mol. The van der Waals surface area contributed by atoms with E-state index < -0.39 is 5.97 Å². The van der Waals surface area contributed by atoms with E-state index in [9.17, 15) is 15.0 Å². The van der Waals surface area contributed by atoms with E-state index in [2.05, 4.69) is 0 Å². The Bertz CT molecular complexity index is 464. The minimum absolute atomic E-state index is 0.192. The summed E-state index contributed by atoms with van der Waals surface area (Å²) in [5.41, 5.74) is 0.817. The van der Waals surface area contributed by atoms with Crippen molar-refractivity contribution in [1.29, 1.82) is 0 Å². The van der Waals surface area contributed by atoms with Crippen LogP contribution in [0.1, 0.15) is 31.2 Å². The second-order valence-electron chi connectivity index (χ2n) is 5.31. The van der Waals surface area contributed by atoms with Gasteiger partial charge in [-0.3, -0.25) is 4.79 Å². The van der Waals surface area contributed by atoms with Crippen LogP contribution in [0.3, 0.4) is 0 Å². The molecule has 0 saturated heterocycles. The van der Waals surface area contributed by atoms with Crippen LogP contribution < -0.4 is 0 Å². The number of aromatic hydroxyl groups is 1. The molecule has 2 atom stereocenters. The lowest BCUT2D eigenvalue weighted by atomic mass is 9.69. The molecule has 1 aromatic carbocycles. The molecule has 90 valence electrons. The zero-order chi connectivity index (χ0) is 12.0. The van der Waals surface area contributed by atoms with Crippen molar-refractivity contribution in [2.45, 2.75) is 31.1 Å². The molecule has 3 rings (SSSR count). The van der Waals surface area contributed by atoms with Gasteiger partial charge in [0.1, 0.15) is 5.75 Å². The minimum atomic E-state index is -0.694. The normalized spacial score (nSPS) is 31.9. The molecule has 3 nitrogen and oxygen atoms in total. The number of hydrogen-bond donors (Lipinski definition) is 2. The van der Waals surface area contributed by atoms with Crippen molar-refractivity contribution < 1.29 is 15.0 Å². The summed E-state index contributed by atoms with van der Waals surface area (Å²) in [7, 11) is 0. The van der Waals surface area contributed by atoms with Crippen LogP contribution in [-0.2, 0) is 10.2 Å². The first-order chi connectivity index (χ1) is 8.14. The summed E-state index contributed by atoms with van der Waals surface area (Å²) in [4.78, 5) is 11.2. The third kappa shape index (κ3) is 1.45. The zero-order valence-corrected chi connectivity index (χ0v) is 9.60. The molecular formula is C14H16O3. The first-order valence-corrected chi connectivity index (χ1v) is 6.17. The quantitative estimate of drug-likeness (QED) is 0.842. The fourth-order valence-corrected chi connectivity index (χ4v) is 3.31. The Morgan fingerprint density at radius 1 is 1.35 bits per heavy atom. The van der Waals surface area contributed by atoms with Crippen LogP contribution in [-0.4, -0.2) is 16.2 Å². The Labute approximate surface area is 100 Å². The molecule has 0 spiro atoms. The zero-order valence-electron chi connectivity index (χ0n) is 9.60. The molecule has 1 unspecified atom stereocenters. The fourth-order valence-electron chi connectivity index (χ4n) is 3.31. The first-order valence-electron chi connectivity index (χ1n) is 6.17. The van der Waals surface area contributed by atoms with Gasteiger partial charge in [-0.2, -0.15) is 0 Å². The van der Waals surface area contributed by atoms with Gasteiger partial charge < -0.3 is 10.2 Å². The van der Waals surface area contributed by atoms with Gasteiger partial charge in [-0.25, -0.2) is 0 Å². The Hall–Kier alpha value is -1.51. The van der Waals surface area contributed by atoms with Crippen LogP contribution in [0.2, 0.25) is 0 Å². The van der Waals surface area contributed by atoms with E-state index in [1.807, 2.05) is 12.1 Å². The van der Waals surface area contributed by atoms with E-state index in [0.717, 1.165) is 24.8 Å². The molecule has 0 amide bonds. The summed E-state index contributed by atoms with van der Waals surface area (Å²) in [6.07, 6.45) is 4.19. The third-order valence-corrected chi connectivity index (χ3v) is 4.52. The molecule has 0 aliphatic heterocycles. The molecule has 2 fully saturated rings. The van der Waals surface area contributed by atoms with Crippen LogP contribution in [0, 0.1) is 11.8 Å². The molecule has 0 aromatic heterocycles. The Morgan fingerprint density at radius 3 is 2.59 bits per heavy atom. The largest absolute Gasteiger partial charge is 0.508 e. The van der Waals surface area contributed by atoms with E-state index in [0.29, 0.717) is 5.92 Å². The Morgan fingerprint density at radius 2 is 2.12 bits per heavy atom. The Balaban J connectivity index is 1.98. The summed E-state index contributed by atoms with van der Waals surface area (Å²) in [6.45, 7) is 0. The van der Waals surface area contributed by atoms with E-state index in [-0.39, 0.29) is 17.1 Å². The summed E-state index contributed by atoms with van der Waals surface area (Å²) < 4.78 is 0. The van der Waals surface area contributed by atoms with E-state index in [1.54, 1.807) is 12.1 Å². The first kappa shape index (κ1) is 10.6. The van der Waals surface area contributed by atoms with E-state index in [1.165, 1.54) is 6.42 Å². The number of hydrogen-bond acceptors (Lipinski definition) is 2. The van der Waals surface area contributed by atoms with Crippen LogP contribution >= 0.6 is 0 Å². The highest BCUT2D eigenvalue weighted by molar-refractivity contribution is 5.77. The SMILES string of the molecule is O=C(O)[C@@H]1CC1(c1cccc(O)c1)C1CCC1. The maximum Gasteiger partial charge on any atom is 0.307 e. The number of aliphatic carboxylic acids is 1. The number of benzene rings is 1. The second kappa shape index (κ2) is 3.49. The van der Waals surface area contributed by atoms with Gasteiger partial charge in [-0.05, 0) is 42.9 Å². The number of rotatable bonds is 3. The van der Waals surface area contributed by atoms with Crippen LogP contribution in [0.15, 0.2) is 24.3 Å². The smallest absolute Gasteiger partial charge is 0.307 e. The van der Waals surface area contributed by atoms with Crippen LogP contribution in [0.4, 0.5) is 0 Å². The summed E-state index contributed by atoms with van der Waals surface area (Å²) >= 11 is 0. The van der Waals surface area contributed by atoms with Gasteiger partial charge >= 0.3 is 5.97 Å². The Kier molecular flexibility index (Phi) is 2.18. The number of carboxylic acid groups (broad SMARTS) is 1. The highest BCUT2D eigenvalue weighted by atomic mass is 16.4. The molecule has 2 saturated carbocycles. The molecule has 0 bridgehead atoms. The molecule has 17 heavy (non-hydrogen) atoms. The lowest BCUT2D eigenvalue weighted by molar-refractivity contribution is -0.139.